The number of anilines is 1. The van der Waals surface area contributed by atoms with E-state index in [1.54, 1.807) is 0 Å². The molecule has 0 fully saturated rings. The van der Waals surface area contributed by atoms with E-state index in [2.05, 4.69) is 23.8 Å². The van der Waals surface area contributed by atoms with Crippen molar-refractivity contribution in [2.45, 2.75) is 20.3 Å². The Balaban J connectivity index is 2.63. The average molecular weight is 209 g/mol. The monoisotopic (exact) mass is 209 g/mol. The smallest absolute Gasteiger partial charge is 0.225 e. The van der Waals surface area contributed by atoms with Crippen molar-refractivity contribution in [3.63, 3.8) is 0 Å². The van der Waals surface area contributed by atoms with Crippen molar-refractivity contribution >= 4 is 5.95 Å². The van der Waals surface area contributed by atoms with Gasteiger partial charge in [0.1, 0.15) is 0 Å². The lowest BCUT2D eigenvalue weighted by Crippen LogP contribution is -2.23. The van der Waals surface area contributed by atoms with Gasteiger partial charge in [0.15, 0.2) is 0 Å². The zero-order valence-corrected chi connectivity index (χ0v) is 9.64. The van der Waals surface area contributed by atoms with E-state index in [1.807, 2.05) is 24.3 Å². The number of nitrogens with zero attached hydrogens (tertiary/aromatic N) is 3. The fraction of sp³-hybridized carbons (Fsp3) is 0.636. The van der Waals surface area contributed by atoms with Crippen molar-refractivity contribution in [2.75, 3.05) is 25.1 Å². The van der Waals surface area contributed by atoms with Gasteiger partial charge >= 0.3 is 0 Å². The molecule has 15 heavy (non-hydrogen) atoms. The lowest BCUT2D eigenvalue weighted by atomic mass is 10.1. The Morgan fingerprint density at radius 3 is 2.40 bits per heavy atom. The van der Waals surface area contributed by atoms with Gasteiger partial charge in [0.05, 0.1) is 6.61 Å². The molecule has 0 amide bonds. The van der Waals surface area contributed by atoms with Crippen LogP contribution in [-0.2, 0) is 6.42 Å². The average Bonchev–Trinajstić information content (AvgIpc) is 2.18. The van der Waals surface area contributed by atoms with Crippen LogP contribution in [0.5, 0.6) is 0 Å². The van der Waals surface area contributed by atoms with Crippen LogP contribution in [0.3, 0.4) is 0 Å². The Hall–Kier alpha value is -1.16. The summed E-state index contributed by atoms with van der Waals surface area (Å²) < 4.78 is 0. The van der Waals surface area contributed by atoms with Crippen molar-refractivity contribution in [3.05, 3.63) is 18.0 Å². The van der Waals surface area contributed by atoms with Crippen LogP contribution in [0, 0.1) is 5.92 Å². The van der Waals surface area contributed by atoms with E-state index in [9.17, 15) is 0 Å². The first-order valence-electron chi connectivity index (χ1n) is 5.26. The van der Waals surface area contributed by atoms with Crippen molar-refractivity contribution in [1.29, 1.82) is 0 Å². The third-order valence-electron chi connectivity index (χ3n) is 2.11. The standard InChI is InChI=1S/C11H19N3O/c1-9(2)6-10-7-12-11(13-8-10)14(3)4-5-15/h7-9,15H,4-6H2,1-3H3. The molecule has 84 valence electrons. The maximum Gasteiger partial charge on any atom is 0.225 e. The highest BCUT2D eigenvalue weighted by Gasteiger charge is 2.04. The molecule has 0 aromatic carbocycles. The zero-order valence-electron chi connectivity index (χ0n) is 9.64. The number of hydrogen-bond acceptors (Lipinski definition) is 4. The Labute approximate surface area is 91.0 Å². The van der Waals surface area contributed by atoms with Gasteiger partial charge in [-0.25, -0.2) is 9.97 Å². The van der Waals surface area contributed by atoms with Crippen LogP contribution in [0.15, 0.2) is 12.4 Å². The second-order valence-electron chi connectivity index (χ2n) is 4.13. The van der Waals surface area contributed by atoms with Gasteiger partial charge in [0, 0.05) is 26.0 Å². The molecule has 0 unspecified atom stereocenters. The first-order valence-corrected chi connectivity index (χ1v) is 5.26. The van der Waals surface area contributed by atoms with Crippen molar-refractivity contribution in [3.8, 4) is 0 Å². The molecule has 1 aromatic rings. The Bertz CT molecular complexity index is 284. The topological polar surface area (TPSA) is 49.2 Å². The number of rotatable bonds is 5. The van der Waals surface area contributed by atoms with Gasteiger partial charge in [-0.05, 0) is 17.9 Å². The third-order valence-corrected chi connectivity index (χ3v) is 2.11. The third kappa shape index (κ3) is 3.83. The summed E-state index contributed by atoms with van der Waals surface area (Å²) in [6, 6.07) is 0. The second kappa shape index (κ2) is 5.66. The summed E-state index contributed by atoms with van der Waals surface area (Å²) in [4.78, 5) is 10.3. The van der Waals surface area contributed by atoms with Crippen LogP contribution in [0.1, 0.15) is 19.4 Å². The molecule has 0 saturated heterocycles. The number of aliphatic hydroxyl groups excluding tert-OH is 1. The van der Waals surface area contributed by atoms with Crippen LogP contribution >= 0.6 is 0 Å². The van der Waals surface area contributed by atoms with Gasteiger partial charge in [0.25, 0.3) is 0 Å². The quantitative estimate of drug-likeness (QED) is 0.789. The van der Waals surface area contributed by atoms with E-state index in [1.165, 1.54) is 0 Å². The molecule has 4 heteroatoms. The largest absolute Gasteiger partial charge is 0.395 e. The van der Waals surface area contributed by atoms with Gasteiger partial charge in [-0.2, -0.15) is 0 Å². The summed E-state index contributed by atoms with van der Waals surface area (Å²) in [5.74, 6) is 1.28. The second-order valence-corrected chi connectivity index (χ2v) is 4.13. The van der Waals surface area contributed by atoms with Crippen LogP contribution in [0.25, 0.3) is 0 Å². The van der Waals surface area contributed by atoms with E-state index in [0.29, 0.717) is 18.4 Å². The van der Waals surface area contributed by atoms with Gasteiger partial charge in [0.2, 0.25) is 5.95 Å². The summed E-state index contributed by atoms with van der Waals surface area (Å²) in [7, 11) is 1.87. The summed E-state index contributed by atoms with van der Waals surface area (Å²) in [6.07, 6.45) is 4.72. The molecule has 0 aliphatic heterocycles. The Kier molecular flexibility index (Phi) is 4.49. The van der Waals surface area contributed by atoms with E-state index >= 15 is 0 Å². The van der Waals surface area contributed by atoms with E-state index in [-0.39, 0.29) is 6.61 Å². The SMILES string of the molecule is CC(C)Cc1cnc(N(C)CCO)nc1. The maximum atomic E-state index is 8.77. The number of aliphatic hydroxyl groups is 1. The molecule has 0 saturated carbocycles. The van der Waals surface area contributed by atoms with Crippen LogP contribution in [0.4, 0.5) is 5.95 Å². The molecule has 0 bridgehead atoms. The minimum Gasteiger partial charge on any atom is -0.395 e. The molecule has 0 radical (unpaired) electrons. The Morgan fingerprint density at radius 2 is 1.93 bits per heavy atom. The first kappa shape index (κ1) is 11.9. The van der Waals surface area contributed by atoms with Crippen LogP contribution in [0.2, 0.25) is 0 Å². The van der Waals surface area contributed by atoms with Crippen molar-refractivity contribution < 1.29 is 5.11 Å². The molecular weight excluding hydrogens is 190 g/mol. The molecule has 1 rings (SSSR count). The first-order chi connectivity index (χ1) is 7.13. The van der Waals surface area contributed by atoms with Crippen LogP contribution < -0.4 is 4.90 Å². The molecular formula is C11H19N3O. The van der Waals surface area contributed by atoms with Gasteiger partial charge in [-0.1, -0.05) is 13.8 Å². The normalized spacial score (nSPS) is 10.7. The summed E-state index contributed by atoms with van der Waals surface area (Å²) in [6.45, 7) is 5.02. The van der Waals surface area contributed by atoms with E-state index < -0.39 is 0 Å². The lowest BCUT2D eigenvalue weighted by Gasteiger charge is -2.15. The zero-order chi connectivity index (χ0) is 11.3. The van der Waals surface area contributed by atoms with Crippen LogP contribution in [-0.4, -0.2) is 35.3 Å². The number of aromatic nitrogens is 2. The summed E-state index contributed by atoms with van der Waals surface area (Å²) in [5.41, 5.74) is 1.16. The van der Waals surface area contributed by atoms with E-state index in [0.717, 1.165) is 12.0 Å². The van der Waals surface area contributed by atoms with E-state index in [4.69, 9.17) is 5.11 Å². The fourth-order valence-electron chi connectivity index (χ4n) is 1.37. The van der Waals surface area contributed by atoms with Gasteiger partial charge in [-0.3, -0.25) is 0 Å². The predicted octanol–water partition coefficient (Wildman–Crippen LogP) is 1.10. The molecule has 4 nitrogen and oxygen atoms in total. The summed E-state index contributed by atoms with van der Waals surface area (Å²) in [5, 5.41) is 8.77. The molecule has 0 aliphatic carbocycles. The number of likely N-dealkylation sites (N-methyl/N-ethyl adjacent to an activating group) is 1. The molecule has 0 atom stereocenters. The van der Waals surface area contributed by atoms with Crippen molar-refractivity contribution in [1.82, 2.24) is 9.97 Å². The predicted molar refractivity (Wildman–Crippen MR) is 60.9 cm³/mol. The highest BCUT2D eigenvalue weighted by Crippen LogP contribution is 2.08. The fourth-order valence-corrected chi connectivity index (χ4v) is 1.37. The Morgan fingerprint density at radius 1 is 1.33 bits per heavy atom. The molecule has 1 N–H and O–H groups in total. The van der Waals surface area contributed by atoms with Gasteiger partial charge < -0.3 is 10.0 Å². The number of hydrogen-bond donors (Lipinski definition) is 1. The maximum absolute atomic E-state index is 8.77. The van der Waals surface area contributed by atoms with Crippen molar-refractivity contribution in [2.24, 2.45) is 5.92 Å². The molecule has 1 heterocycles. The van der Waals surface area contributed by atoms with Gasteiger partial charge in [-0.15, -0.1) is 0 Å². The molecule has 0 spiro atoms. The lowest BCUT2D eigenvalue weighted by molar-refractivity contribution is 0.303. The summed E-state index contributed by atoms with van der Waals surface area (Å²) >= 11 is 0. The minimum absolute atomic E-state index is 0.119. The molecule has 0 aliphatic rings. The highest BCUT2D eigenvalue weighted by atomic mass is 16.3. The minimum atomic E-state index is 0.119. The highest BCUT2D eigenvalue weighted by molar-refractivity contribution is 5.28. The molecule has 1 aromatic heterocycles.